The fourth-order valence-corrected chi connectivity index (χ4v) is 8.26. The zero-order valence-electron chi connectivity index (χ0n) is 27.3. The van der Waals surface area contributed by atoms with E-state index in [9.17, 15) is 43.4 Å². The fraction of sp³-hybridized carbons (Fsp3) is 0.618. The summed E-state index contributed by atoms with van der Waals surface area (Å²) >= 11 is 0. The van der Waals surface area contributed by atoms with Crippen LogP contribution >= 0.6 is 7.60 Å². The number of nitrogens with two attached hydrogens (primary N) is 1. The molecule has 48 heavy (non-hydrogen) atoms. The van der Waals surface area contributed by atoms with Crippen LogP contribution in [0.25, 0.3) is 0 Å². The summed E-state index contributed by atoms with van der Waals surface area (Å²) in [6.07, 6.45) is 11.0. The minimum Gasteiger partial charge on any atom is -0.481 e. The van der Waals surface area contributed by atoms with E-state index in [1.165, 1.54) is 0 Å². The predicted molar refractivity (Wildman–Crippen MR) is 177 cm³/mol. The monoisotopic (exact) mass is 688 g/mol. The van der Waals surface area contributed by atoms with Crippen LogP contribution in [0.2, 0.25) is 0 Å². The molecule has 0 saturated heterocycles. The first kappa shape index (κ1) is 37.3. The van der Waals surface area contributed by atoms with E-state index in [0.717, 1.165) is 38.5 Å². The van der Waals surface area contributed by atoms with Crippen LogP contribution in [-0.2, 0) is 34.7 Å². The Labute approximate surface area is 281 Å². The van der Waals surface area contributed by atoms with E-state index in [0.29, 0.717) is 43.4 Å². The fourth-order valence-electron chi connectivity index (χ4n) is 7.58. The van der Waals surface area contributed by atoms with Crippen molar-refractivity contribution in [2.24, 2.45) is 17.1 Å². The molecule has 1 aromatic rings. The number of allylic oxidation sites excluding steroid dienone is 2. The number of benzene rings is 1. The molecule has 2 saturated carbocycles. The molecule has 13 nitrogen and oxygen atoms in total. The molecule has 4 amide bonds. The Kier molecular flexibility index (Phi) is 12.6. The Bertz CT molecular complexity index is 1410. The number of aliphatic carboxylic acids is 1. The minimum atomic E-state index is -4.33. The largest absolute Gasteiger partial charge is 0.481 e. The molecule has 2 spiro atoms. The lowest BCUT2D eigenvalue weighted by atomic mass is 9.71. The molecule has 264 valence electrons. The van der Waals surface area contributed by atoms with Crippen molar-refractivity contribution in [3.8, 4) is 0 Å². The van der Waals surface area contributed by atoms with E-state index in [1.807, 2.05) is 12.2 Å². The highest BCUT2D eigenvalue weighted by molar-refractivity contribution is 7.50. The molecule has 0 aromatic heterocycles. The Morgan fingerprint density at radius 2 is 1.50 bits per heavy atom. The van der Waals surface area contributed by atoms with Gasteiger partial charge in [0.05, 0.1) is 24.9 Å². The average Bonchev–Trinajstić information content (AvgIpc) is 3.02. The van der Waals surface area contributed by atoms with Crippen molar-refractivity contribution in [1.29, 1.82) is 0 Å². The predicted octanol–water partition coefficient (Wildman–Crippen LogP) is 3.13. The van der Waals surface area contributed by atoms with Crippen LogP contribution < -0.4 is 21.7 Å². The second-order valence-electron chi connectivity index (χ2n) is 13.9. The molecule has 0 radical (unpaired) electrons. The number of hydrogen-bond acceptors (Lipinski definition) is 6. The van der Waals surface area contributed by atoms with Gasteiger partial charge >= 0.3 is 13.6 Å². The molecule has 3 atom stereocenters. The van der Waals surface area contributed by atoms with Crippen molar-refractivity contribution in [1.82, 2.24) is 16.0 Å². The molecular formula is C34H49N4O9P. The van der Waals surface area contributed by atoms with Gasteiger partial charge in [-0.05, 0) is 55.1 Å². The number of amides is 4. The third kappa shape index (κ3) is 10.2. The molecule has 2 aliphatic carbocycles. The maximum absolute atomic E-state index is 14.2. The van der Waals surface area contributed by atoms with Crippen LogP contribution in [0.15, 0.2) is 36.4 Å². The molecule has 1 aromatic carbocycles. The Morgan fingerprint density at radius 3 is 2.08 bits per heavy atom. The van der Waals surface area contributed by atoms with Crippen LogP contribution in [0.1, 0.15) is 107 Å². The molecule has 2 fully saturated rings. The number of carbonyl (C=O) groups is 5. The maximum atomic E-state index is 14.2. The summed E-state index contributed by atoms with van der Waals surface area (Å²) in [4.78, 5) is 84.9. The number of carboxylic acids is 1. The summed E-state index contributed by atoms with van der Waals surface area (Å²) < 4.78 is 11.6. The van der Waals surface area contributed by atoms with Crippen LogP contribution in [0, 0.1) is 11.3 Å². The van der Waals surface area contributed by atoms with E-state index in [1.54, 1.807) is 24.3 Å². The molecule has 0 bridgehead atoms. The summed E-state index contributed by atoms with van der Waals surface area (Å²) in [7, 11) is -4.33. The molecule has 4 rings (SSSR count). The first-order chi connectivity index (χ1) is 22.7. The second kappa shape index (κ2) is 16.2. The van der Waals surface area contributed by atoms with Gasteiger partial charge in [-0.2, -0.15) is 0 Å². The topological polar surface area (TPSA) is 225 Å². The van der Waals surface area contributed by atoms with Gasteiger partial charge in [-0.25, -0.2) is 0 Å². The van der Waals surface area contributed by atoms with Crippen LogP contribution in [0.4, 0.5) is 0 Å². The smallest absolute Gasteiger partial charge is 0.329 e. The van der Waals surface area contributed by atoms with Gasteiger partial charge in [0.25, 0.3) is 0 Å². The summed E-state index contributed by atoms with van der Waals surface area (Å²) in [6.45, 7) is 0.360. The molecule has 3 aliphatic rings. The van der Waals surface area contributed by atoms with E-state index >= 15 is 0 Å². The molecule has 1 heterocycles. The first-order valence-corrected chi connectivity index (χ1v) is 18.7. The Balaban J connectivity index is 1.78. The number of primary amides is 1. The van der Waals surface area contributed by atoms with E-state index in [4.69, 9.17) is 5.73 Å². The highest BCUT2D eigenvalue weighted by Crippen LogP contribution is 2.42. The normalized spacial score (nSPS) is 26.2. The lowest BCUT2D eigenvalue weighted by Gasteiger charge is -2.40. The zero-order chi connectivity index (χ0) is 35.0. The lowest BCUT2D eigenvalue weighted by Crippen LogP contribution is -2.64. The van der Waals surface area contributed by atoms with E-state index in [-0.39, 0.29) is 18.3 Å². The second-order valence-corrected chi connectivity index (χ2v) is 15.5. The zero-order valence-corrected chi connectivity index (χ0v) is 28.2. The van der Waals surface area contributed by atoms with Crippen molar-refractivity contribution in [2.75, 3.05) is 6.54 Å². The SMILES string of the molecule is NC(=O)CC1NC(=O)C2(CCCCC2)NC(=O)[C@@H](CC(=O)O)[C@H](c2ccc(CP(=O)(O)O)cc2)/C=C/CCC2(CCCCC2)CNC1=O. The van der Waals surface area contributed by atoms with Crippen LogP contribution in [-0.4, -0.2) is 62.6 Å². The summed E-state index contributed by atoms with van der Waals surface area (Å²) in [5, 5.41) is 18.6. The molecule has 14 heteroatoms. The number of rotatable bonds is 7. The number of nitrogens with one attached hydrogen (secondary N) is 3. The average molecular weight is 689 g/mol. The number of carboxylic acid groups (broad SMARTS) is 1. The van der Waals surface area contributed by atoms with Crippen molar-refractivity contribution >= 4 is 37.2 Å². The van der Waals surface area contributed by atoms with Crippen molar-refractivity contribution in [2.45, 2.75) is 114 Å². The van der Waals surface area contributed by atoms with Gasteiger partial charge in [-0.1, -0.05) is 74.9 Å². The van der Waals surface area contributed by atoms with Crippen molar-refractivity contribution in [3.63, 3.8) is 0 Å². The van der Waals surface area contributed by atoms with Gasteiger partial charge < -0.3 is 36.6 Å². The van der Waals surface area contributed by atoms with Crippen molar-refractivity contribution < 1.29 is 43.4 Å². The van der Waals surface area contributed by atoms with Gasteiger partial charge in [-0.15, -0.1) is 0 Å². The minimum absolute atomic E-state index is 0.224. The summed E-state index contributed by atoms with van der Waals surface area (Å²) in [5.41, 5.74) is 4.81. The molecular weight excluding hydrogens is 639 g/mol. The quantitative estimate of drug-likeness (QED) is 0.165. The summed E-state index contributed by atoms with van der Waals surface area (Å²) in [5.74, 6) is -5.62. The van der Waals surface area contributed by atoms with Crippen LogP contribution in [0.3, 0.4) is 0 Å². The Hall–Kier alpha value is -3.54. The third-order valence-corrected chi connectivity index (χ3v) is 11.0. The van der Waals surface area contributed by atoms with Gasteiger partial charge in [0, 0.05) is 12.5 Å². The van der Waals surface area contributed by atoms with Gasteiger partial charge in [0.2, 0.25) is 23.6 Å². The van der Waals surface area contributed by atoms with Gasteiger partial charge in [0.15, 0.2) is 0 Å². The van der Waals surface area contributed by atoms with Gasteiger partial charge in [-0.3, -0.25) is 28.5 Å². The molecule has 1 aliphatic heterocycles. The first-order valence-electron chi connectivity index (χ1n) is 16.9. The standard InChI is InChI=1S/C34H49N4O9P/c35-28(39)20-27-31(43)36-22-33(14-4-1-5-15-33)16-8-3-9-25(24-12-10-23(11-13-24)21-48(45,46)47)26(19-29(40)41)30(42)38-34(32(44)37-27)17-6-2-7-18-34/h3,9-13,25-27H,1-2,4-8,14-22H2,(H2,35,39)(H,36,43)(H,37,44)(H,38,42)(H,40,41)(H2,45,46,47)/b9-3+/t25-,26-,27?/m0/s1. The van der Waals surface area contributed by atoms with Crippen molar-refractivity contribution in [3.05, 3.63) is 47.5 Å². The number of carbonyl (C=O) groups excluding carboxylic acids is 4. The van der Waals surface area contributed by atoms with Crippen LogP contribution in [0.5, 0.6) is 0 Å². The highest BCUT2D eigenvalue weighted by Gasteiger charge is 2.45. The third-order valence-electron chi connectivity index (χ3n) is 10.2. The Morgan fingerprint density at radius 1 is 0.875 bits per heavy atom. The highest BCUT2D eigenvalue weighted by atomic mass is 31.2. The lowest BCUT2D eigenvalue weighted by molar-refractivity contribution is -0.143. The number of hydrogen-bond donors (Lipinski definition) is 7. The summed E-state index contributed by atoms with van der Waals surface area (Å²) in [6, 6.07) is 5.18. The van der Waals surface area contributed by atoms with E-state index in [2.05, 4.69) is 16.0 Å². The molecule has 8 N–H and O–H groups in total. The van der Waals surface area contributed by atoms with E-state index < -0.39 is 79.6 Å². The maximum Gasteiger partial charge on any atom is 0.329 e. The molecule has 1 unspecified atom stereocenters. The van der Waals surface area contributed by atoms with Gasteiger partial charge in [0.1, 0.15) is 11.6 Å².